The lowest BCUT2D eigenvalue weighted by Gasteiger charge is -2.56. The molecule has 4 bridgehead atoms. The average Bonchev–Trinajstić information content (AvgIpc) is 2.45. The van der Waals surface area contributed by atoms with Crippen LogP contribution in [-0.4, -0.2) is 16.0 Å². The minimum atomic E-state index is 0.605. The molecule has 0 spiro atoms. The molecule has 0 aromatic carbocycles. The molecule has 1 heterocycles. The van der Waals surface area contributed by atoms with E-state index in [-0.39, 0.29) is 0 Å². The summed E-state index contributed by atoms with van der Waals surface area (Å²) in [6.07, 6.45) is 11.2. The van der Waals surface area contributed by atoms with Gasteiger partial charge in [0.05, 0.1) is 6.54 Å². The van der Waals surface area contributed by atoms with Gasteiger partial charge in [-0.1, -0.05) is 0 Å². The Labute approximate surface area is 121 Å². The van der Waals surface area contributed by atoms with Crippen LogP contribution in [0.4, 0.5) is 0 Å². The standard InChI is InChI=1S/C17H25N3/c1-11(20-10-16-18-3-2-4-19-16)17-14-6-12-5-13(8-14)9-15(17)7-12/h2-4,11-15,17,20H,5-10H2,1H3. The Bertz CT molecular complexity index is 431. The molecule has 1 aromatic heterocycles. The number of hydrogen-bond acceptors (Lipinski definition) is 3. The van der Waals surface area contributed by atoms with E-state index in [2.05, 4.69) is 22.2 Å². The molecule has 20 heavy (non-hydrogen) atoms. The van der Waals surface area contributed by atoms with Crippen molar-refractivity contribution in [1.82, 2.24) is 15.3 Å². The van der Waals surface area contributed by atoms with Crippen LogP contribution in [0.5, 0.6) is 0 Å². The maximum absolute atomic E-state index is 4.31. The van der Waals surface area contributed by atoms with Gasteiger partial charge in [0.1, 0.15) is 5.82 Å². The minimum absolute atomic E-state index is 0.605. The summed E-state index contributed by atoms with van der Waals surface area (Å²) in [6.45, 7) is 3.20. The van der Waals surface area contributed by atoms with Crippen molar-refractivity contribution in [3.8, 4) is 0 Å². The van der Waals surface area contributed by atoms with Gasteiger partial charge < -0.3 is 5.32 Å². The molecule has 4 saturated carbocycles. The minimum Gasteiger partial charge on any atom is -0.307 e. The van der Waals surface area contributed by atoms with E-state index < -0.39 is 0 Å². The summed E-state index contributed by atoms with van der Waals surface area (Å²) in [5.41, 5.74) is 0. The molecule has 1 N–H and O–H groups in total. The quantitative estimate of drug-likeness (QED) is 0.914. The van der Waals surface area contributed by atoms with Crippen molar-refractivity contribution in [3.63, 3.8) is 0 Å². The number of rotatable bonds is 4. The molecule has 3 heteroatoms. The van der Waals surface area contributed by atoms with E-state index in [1.807, 2.05) is 18.5 Å². The summed E-state index contributed by atoms with van der Waals surface area (Å²) in [5, 5.41) is 3.70. The summed E-state index contributed by atoms with van der Waals surface area (Å²) >= 11 is 0. The lowest BCUT2D eigenvalue weighted by molar-refractivity contribution is -0.0495. The third-order valence-corrected chi connectivity index (χ3v) is 6.08. The van der Waals surface area contributed by atoms with Crippen molar-refractivity contribution in [3.05, 3.63) is 24.3 Å². The average molecular weight is 271 g/mol. The normalized spacial score (nSPS) is 40.0. The monoisotopic (exact) mass is 271 g/mol. The molecule has 1 unspecified atom stereocenters. The molecule has 1 aromatic rings. The van der Waals surface area contributed by atoms with E-state index in [0.29, 0.717) is 6.04 Å². The Balaban J connectivity index is 1.40. The fourth-order valence-corrected chi connectivity index (χ4v) is 5.59. The SMILES string of the molecule is CC(NCc1ncccn1)C1C2CC3CC(C2)CC1C3. The van der Waals surface area contributed by atoms with Crippen LogP contribution in [0.2, 0.25) is 0 Å². The Morgan fingerprint density at radius 3 is 2.25 bits per heavy atom. The van der Waals surface area contributed by atoms with Crippen LogP contribution in [0.15, 0.2) is 18.5 Å². The zero-order chi connectivity index (χ0) is 13.5. The third kappa shape index (κ3) is 2.26. The predicted molar refractivity (Wildman–Crippen MR) is 78.9 cm³/mol. The predicted octanol–water partition coefficient (Wildman–Crippen LogP) is 3.03. The van der Waals surface area contributed by atoms with E-state index in [4.69, 9.17) is 0 Å². The van der Waals surface area contributed by atoms with Gasteiger partial charge in [0, 0.05) is 18.4 Å². The first-order valence-corrected chi connectivity index (χ1v) is 8.29. The van der Waals surface area contributed by atoms with E-state index in [0.717, 1.165) is 42.0 Å². The lowest BCUT2D eigenvalue weighted by atomic mass is 9.50. The van der Waals surface area contributed by atoms with Crippen LogP contribution in [0.3, 0.4) is 0 Å². The number of aromatic nitrogens is 2. The second kappa shape index (κ2) is 5.10. The second-order valence-corrected chi connectivity index (χ2v) is 7.34. The third-order valence-electron chi connectivity index (χ3n) is 6.08. The zero-order valence-corrected chi connectivity index (χ0v) is 12.3. The van der Waals surface area contributed by atoms with Gasteiger partial charge in [0.2, 0.25) is 0 Å². The van der Waals surface area contributed by atoms with Crippen LogP contribution in [0.25, 0.3) is 0 Å². The molecule has 4 aliphatic carbocycles. The van der Waals surface area contributed by atoms with Crippen LogP contribution < -0.4 is 5.32 Å². The van der Waals surface area contributed by atoms with Crippen LogP contribution in [-0.2, 0) is 6.54 Å². The van der Waals surface area contributed by atoms with Crippen LogP contribution >= 0.6 is 0 Å². The van der Waals surface area contributed by atoms with Gasteiger partial charge in [0.25, 0.3) is 0 Å². The largest absolute Gasteiger partial charge is 0.307 e. The summed E-state index contributed by atoms with van der Waals surface area (Å²) in [4.78, 5) is 8.63. The molecule has 3 nitrogen and oxygen atoms in total. The molecule has 0 aliphatic heterocycles. The first kappa shape index (κ1) is 12.8. The molecule has 108 valence electrons. The summed E-state index contributed by atoms with van der Waals surface area (Å²) in [7, 11) is 0. The summed E-state index contributed by atoms with van der Waals surface area (Å²) < 4.78 is 0. The lowest BCUT2D eigenvalue weighted by Crippen LogP contribution is -2.52. The number of nitrogens with zero attached hydrogens (tertiary/aromatic N) is 2. The highest BCUT2D eigenvalue weighted by atomic mass is 15.0. The fourth-order valence-electron chi connectivity index (χ4n) is 5.59. The van der Waals surface area contributed by atoms with Gasteiger partial charge in [-0.25, -0.2) is 9.97 Å². The molecular formula is C17H25N3. The van der Waals surface area contributed by atoms with Crippen molar-refractivity contribution in [2.45, 2.75) is 51.6 Å². The summed E-state index contributed by atoms with van der Waals surface area (Å²) in [5.74, 6) is 5.93. The Morgan fingerprint density at radius 2 is 1.65 bits per heavy atom. The Kier molecular flexibility index (Phi) is 3.25. The van der Waals surface area contributed by atoms with Gasteiger partial charge in [0.15, 0.2) is 0 Å². The zero-order valence-electron chi connectivity index (χ0n) is 12.3. The highest BCUT2D eigenvalue weighted by Gasteiger charge is 2.49. The van der Waals surface area contributed by atoms with E-state index in [9.17, 15) is 0 Å². The molecule has 4 fully saturated rings. The fraction of sp³-hybridized carbons (Fsp3) is 0.765. The maximum atomic E-state index is 4.31. The molecule has 4 aliphatic rings. The number of nitrogens with one attached hydrogen (secondary N) is 1. The number of hydrogen-bond donors (Lipinski definition) is 1. The van der Waals surface area contributed by atoms with Gasteiger partial charge >= 0.3 is 0 Å². The molecule has 5 rings (SSSR count). The molecule has 0 radical (unpaired) electrons. The van der Waals surface area contributed by atoms with E-state index in [1.165, 1.54) is 25.7 Å². The topological polar surface area (TPSA) is 37.8 Å². The van der Waals surface area contributed by atoms with E-state index in [1.54, 1.807) is 6.42 Å². The summed E-state index contributed by atoms with van der Waals surface area (Å²) in [6, 6.07) is 2.49. The molecular weight excluding hydrogens is 246 g/mol. The first-order chi connectivity index (χ1) is 9.79. The maximum Gasteiger partial charge on any atom is 0.141 e. The highest BCUT2D eigenvalue weighted by Crippen LogP contribution is 2.57. The van der Waals surface area contributed by atoms with Crippen molar-refractivity contribution in [2.24, 2.45) is 29.6 Å². The van der Waals surface area contributed by atoms with Crippen LogP contribution in [0.1, 0.15) is 44.9 Å². The van der Waals surface area contributed by atoms with Crippen molar-refractivity contribution in [2.75, 3.05) is 0 Å². The Hall–Kier alpha value is -0.960. The highest BCUT2D eigenvalue weighted by molar-refractivity contribution is 5.01. The van der Waals surface area contributed by atoms with Gasteiger partial charge in [-0.05, 0) is 74.7 Å². The van der Waals surface area contributed by atoms with Crippen molar-refractivity contribution >= 4 is 0 Å². The van der Waals surface area contributed by atoms with Crippen molar-refractivity contribution in [1.29, 1.82) is 0 Å². The van der Waals surface area contributed by atoms with Gasteiger partial charge in [-0.3, -0.25) is 0 Å². The molecule has 0 amide bonds. The van der Waals surface area contributed by atoms with Gasteiger partial charge in [-0.15, -0.1) is 0 Å². The smallest absolute Gasteiger partial charge is 0.141 e. The second-order valence-electron chi connectivity index (χ2n) is 7.34. The Morgan fingerprint density at radius 1 is 1.05 bits per heavy atom. The van der Waals surface area contributed by atoms with Gasteiger partial charge in [-0.2, -0.15) is 0 Å². The first-order valence-electron chi connectivity index (χ1n) is 8.29. The molecule has 1 atom stereocenters. The van der Waals surface area contributed by atoms with Crippen molar-refractivity contribution < 1.29 is 0 Å². The van der Waals surface area contributed by atoms with E-state index >= 15 is 0 Å². The van der Waals surface area contributed by atoms with Crippen LogP contribution in [0, 0.1) is 29.6 Å². The molecule has 0 saturated heterocycles.